The van der Waals surface area contributed by atoms with Gasteiger partial charge in [-0.1, -0.05) is 51.1 Å². The summed E-state index contributed by atoms with van der Waals surface area (Å²) in [5.74, 6) is 0.521. The summed E-state index contributed by atoms with van der Waals surface area (Å²) in [7, 11) is 0. The van der Waals surface area contributed by atoms with Crippen molar-refractivity contribution in [2.75, 3.05) is 11.4 Å². The number of carbonyl (C=O) groups excluding carboxylic acids is 1. The van der Waals surface area contributed by atoms with Gasteiger partial charge in [0, 0.05) is 36.7 Å². The van der Waals surface area contributed by atoms with Crippen molar-refractivity contribution >= 4 is 11.7 Å². The highest BCUT2D eigenvalue weighted by Gasteiger charge is 2.55. The van der Waals surface area contributed by atoms with Crippen LogP contribution in [0.4, 0.5) is 14.9 Å². The first-order chi connectivity index (χ1) is 17.8. The number of amides is 2. The van der Waals surface area contributed by atoms with E-state index in [1.54, 1.807) is 15.9 Å². The Hall–Kier alpha value is -3.12. The van der Waals surface area contributed by atoms with Crippen LogP contribution in [0.1, 0.15) is 66.9 Å². The Labute approximate surface area is 227 Å². The molecule has 2 aromatic rings. The first-order valence-corrected chi connectivity index (χ1v) is 13.6. The molecule has 1 spiro atoms. The number of piperidine rings is 1. The average molecular weight is 520 g/mol. The predicted molar refractivity (Wildman–Crippen MR) is 153 cm³/mol. The number of hydrogen-bond donors (Lipinski definition) is 0. The number of anilines is 1. The molecule has 5 nitrogen and oxygen atoms in total. The molecule has 6 heteroatoms. The van der Waals surface area contributed by atoms with E-state index in [2.05, 4.69) is 51.3 Å². The van der Waals surface area contributed by atoms with Gasteiger partial charge in [0.1, 0.15) is 11.6 Å². The van der Waals surface area contributed by atoms with Crippen molar-refractivity contribution in [3.05, 3.63) is 84.0 Å². The third-order valence-corrected chi connectivity index (χ3v) is 7.95. The summed E-state index contributed by atoms with van der Waals surface area (Å²) in [5.41, 5.74) is 2.88. The minimum absolute atomic E-state index is 0.0928. The molecule has 38 heavy (non-hydrogen) atoms. The molecule has 0 aromatic heterocycles. The van der Waals surface area contributed by atoms with Gasteiger partial charge in [-0.25, -0.2) is 9.18 Å². The molecule has 2 heterocycles. The number of allylic oxidation sites excluding steroid dienone is 1. The maximum Gasteiger partial charge on any atom is 0.333 e. The van der Waals surface area contributed by atoms with Crippen LogP contribution in [0.5, 0.6) is 5.75 Å². The second kappa shape index (κ2) is 10.6. The lowest BCUT2D eigenvalue weighted by molar-refractivity contribution is 0.113. The first kappa shape index (κ1) is 27.9. The average Bonchev–Trinajstić information content (AvgIpc) is 3.01. The molecule has 2 aliphatic rings. The van der Waals surface area contributed by atoms with Crippen molar-refractivity contribution in [3.8, 4) is 5.75 Å². The third-order valence-electron chi connectivity index (χ3n) is 7.95. The lowest BCUT2D eigenvalue weighted by Crippen LogP contribution is -2.56. The van der Waals surface area contributed by atoms with Crippen molar-refractivity contribution < 1.29 is 13.9 Å². The van der Waals surface area contributed by atoms with Crippen molar-refractivity contribution in [1.82, 2.24) is 9.80 Å². The molecule has 2 aromatic carbocycles. The molecular formula is C32H42FN3O2. The van der Waals surface area contributed by atoms with Gasteiger partial charge < -0.3 is 4.74 Å². The summed E-state index contributed by atoms with van der Waals surface area (Å²) >= 11 is 0. The van der Waals surface area contributed by atoms with E-state index < -0.39 is 5.54 Å². The van der Waals surface area contributed by atoms with Crippen LogP contribution in [0.15, 0.2) is 72.6 Å². The van der Waals surface area contributed by atoms with Gasteiger partial charge in [0.2, 0.25) is 0 Å². The van der Waals surface area contributed by atoms with Crippen LogP contribution in [0.3, 0.4) is 0 Å². The van der Waals surface area contributed by atoms with E-state index in [1.165, 1.54) is 17.7 Å². The Morgan fingerprint density at radius 2 is 1.92 bits per heavy atom. The Morgan fingerprint density at radius 3 is 2.55 bits per heavy atom. The molecule has 4 rings (SSSR count). The van der Waals surface area contributed by atoms with Crippen molar-refractivity contribution in [3.63, 3.8) is 0 Å². The van der Waals surface area contributed by atoms with Gasteiger partial charge in [-0.3, -0.25) is 14.7 Å². The van der Waals surface area contributed by atoms with E-state index in [4.69, 9.17) is 4.74 Å². The van der Waals surface area contributed by atoms with Gasteiger partial charge in [-0.15, -0.1) is 0 Å². The summed E-state index contributed by atoms with van der Waals surface area (Å²) in [6.07, 6.45) is 3.45. The molecule has 0 N–H and O–H groups in total. The van der Waals surface area contributed by atoms with E-state index >= 15 is 0 Å². The molecular weight excluding hydrogens is 477 g/mol. The van der Waals surface area contributed by atoms with E-state index in [0.717, 1.165) is 30.1 Å². The quantitative estimate of drug-likeness (QED) is 0.392. The SMILES string of the molecule is C=C1N(/C=C(\C)C(C)(C)C)C(=O)N(c2cccc(F)c2)[C@@]12CCN(Cc1cccc(OC(C)C)c1)[C@@H](C)C2. The molecule has 0 bridgehead atoms. The Kier molecular flexibility index (Phi) is 7.76. The lowest BCUT2D eigenvalue weighted by atomic mass is 9.80. The first-order valence-electron chi connectivity index (χ1n) is 13.6. The Balaban J connectivity index is 1.65. The van der Waals surface area contributed by atoms with Crippen LogP contribution in [0.2, 0.25) is 0 Å². The highest BCUT2D eigenvalue weighted by atomic mass is 19.1. The normalized spacial score (nSPS) is 23.2. The van der Waals surface area contributed by atoms with Crippen LogP contribution in [-0.2, 0) is 6.54 Å². The highest BCUT2D eigenvalue weighted by molar-refractivity contribution is 6.00. The number of nitrogens with zero attached hydrogens (tertiary/aromatic N) is 3. The summed E-state index contributed by atoms with van der Waals surface area (Å²) in [5, 5.41) is 0. The largest absolute Gasteiger partial charge is 0.491 e. The molecule has 0 radical (unpaired) electrons. The standard InChI is InChI=1S/C32H42FN3O2/c1-22(2)38-29-14-9-11-26(17-29)21-34-16-15-32(19-24(34)4)25(5)35(20-23(3)31(6,7)8)30(37)36(32)28-13-10-12-27(33)18-28/h9-14,17-18,20,22,24H,5,15-16,19,21H2,1-4,6-8H3/b23-20+/t24-,32+/m0/s1. The number of hydrogen-bond acceptors (Lipinski definition) is 3. The molecule has 2 aliphatic heterocycles. The molecule has 0 saturated carbocycles. The van der Waals surface area contributed by atoms with Crippen molar-refractivity contribution in [2.45, 2.75) is 85.5 Å². The number of carbonyl (C=O) groups is 1. The highest BCUT2D eigenvalue weighted by Crippen LogP contribution is 2.48. The van der Waals surface area contributed by atoms with E-state index in [9.17, 15) is 9.18 Å². The van der Waals surface area contributed by atoms with Gasteiger partial charge in [-0.05, 0) is 81.8 Å². The summed E-state index contributed by atoms with van der Waals surface area (Å²) < 4.78 is 20.2. The summed E-state index contributed by atoms with van der Waals surface area (Å²) in [6, 6.07) is 14.6. The fourth-order valence-corrected chi connectivity index (χ4v) is 5.45. The number of urea groups is 1. The van der Waals surface area contributed by atoms with Crippen LogP contribution in [0.25, 0.3) is 0 Å². The minimum atomic E-state index is -0.627. The molecule has 2 saturated heterocycles. The number of halogens is 1. The number of ether oxygens (including phenoxy) is 1. The second-order valence-corrected chi connectivity index (χ2v) is 12.1. The van der Waals surface area contributed by atoms with E-state index in [0.29, 0.717) is 18.5 Å². The molecule has 0 unspecified atom stereocenters. The zero-order valence-corrected chi connectivity index (χ0v) is 23.9. The fourth-order valence-electron chi connectivity index (χ4n) is 5.45. The van der Waals surface area contributed by atoms with Gasteiger partial charge in [0.05, 0.1) is 11.6 Å². The topological polar surface area (TPSA) is 36.0 Å². The molecule has 0 aliphatic carbocycles. The van der Waals surface area contributed by atoms with Crippen LogP contribution < -0.4 is 9.64 Å². The van der Waals surface area contributed by atoms with Crippen LogP contribution >= 0.6 is 0 Å². The zero-order valence-electron chi connectivity index (χ0n) is 23.9. The molecule has 2 fully saturated rings. The number of rotatable bonds is 6. The van der Waals surface area contributed by atoms with Crippen molar-refractivity contribution in [1.29, 1.82) is 0 Å². The summed E-state index contributed by atoms with van der Waals surface area (Å²) in [4.78, 5) is 19.9. The third kappa shape index (κ3) is 5.51. The monoisotopic (exact) mass is 519 g/mol. The van der Waals surface area contributed by atoms with Gasteiger partial charge in [-0.2, -0.15) is 0 Å². The second-order valence-electron chi connectivity index (χ2n) is 12.1. The maximum atomic E-state index is 14.4. The zero-order chi connectivity index (χ0) is 27.8. The Bertz CT molecular complexity index is 1230. The smallest absolute Gasteiger partial charge is 0.333 e. The predicted octanol–water partition coefficient (Wildman–Crippen LogP) is 7.74. The van der Waals surface area contributed by atoms with Crippen molar-refractivity contribution in [2.24, 2.45) is 5.41 Å². The minimum Gasteiger partial charge on any atom is -0.491 e. The molecule has 2 amide bonds. The molecule has 204 valence electrons. The lowest BCUT2D eigenvalue weighted by Gasteiger charge is -2.47. The Morgan fingerprint density at radius 1 is 1.21 bits per heavy atom. The van der Waals surface area contributed by atoms with Gasteiger partial charge in [0.25, 0.3) is 0 Å². The van der Waals surface area contributed by atoms with E-state index in [-0.39, 0.29) is 29.4 Å². The van der Waals surface area contributed by atoms with Gasteiger partial charge in [0.15, 0.2) is 0 Å². The van der Waals surface area contributed by atoms with Gasteiger partial charge >= 0.3 is 6.03 Å². The number of likely N-dealkylation sites (tertiary alicyclic amines) is 1. The van der Waals surface area contributed by atoms with Crippen LogP contribution in [0, 0.1) is 11.2 Å². The fraction of sp³-hybridized carbons (Fsp3) is 0.469. The molecule has 2 atom stereocenters. The van der Waals surface area contributed by atoms with Crippen LogP contribution in [-0.4, -0.2) is 40.1 Å². The number of benzene rings is 2. The summed E-state index contributed by atoms with van der Waals surface area (Å²) in [6.45, 7) is 20.7. The van der Waals surface area contributed by atoms with E-state index in [1.807, 2.05) is 45.2 Å². The maximum absolute atomic E-state index is 14.4.